The third-order valence-electron chi connectivity index (χ3n) is 3.51. The van der Waals surface area contributed by atoms with Crippen molar-refractivity contribution >= 4 is 17.5 Å². The Morgan fingerprint density at radius 2 is 2.17 bits per heavy atom. The van der Waals surface area contributed by atoms with E-state index in [0.29, 0.717) is 17.1 Å². The third kappa shape index (κ3) is 1.30. The minimum atomic E-state index is 0.442. The number of ketones is 1. The van der Waals surface area contributed by atoms with Crippen molar-refractivity contribution in [3.05, 3.63) is 0 Å². The Morgan fingerprint density at radius 1 is 1.50 bits per heavy atom. The summed E-state index contributed by atoms with van der Waals surface area (Å²) in [4.78, 5) is 11.4. The molecule has 0 unspecified atom stereocenters. The Kier molecular flexibility index (Phi) is 2.19. The highest BCUT2D eigenvalue weighted by Crippen LogP contribution is 2.58. The molecule has 2 rings (SSSR count). The second-order valence-electron chi connectivity index (χ2n) is 4.36. The Hall–Kier alpha value is 0.0200. The van der Waals surface area contributed by atoms with E-state index in [4.69, 9.17) is 0 Å². The van der Waals surface area contributed by atoms with Crippen molar-refractivity contribution < 1.29 is 4.79 Å². The van der Waals surface area contributed by atoms with E-state index in [2.05, 4.69) is 0 Å². The number of thioether (sulfide) groups is 1. The molecule has 0 aliphatic heterocycles. The number of hydrogen-bond acceptors (Lipinski definition) is 2. The molecule has 0 atom stereocenters. The van der Waals surface area contributed by atoms with Gasteiger partial charge in [0, 0.05) is 5.92 Å². The zero-order valence-electron chi connectivity index (χ0n) is 7.64. The first-order chi connectivity index (χ1) is 5.76. The fourth-order valence-electron chi connectivity index (χ4n) is 2.56. The zero-order valence-corrected chi connectivity index (χ0v) is 8.45. The number of Topliss-reactive ketones (excluding diaryl/α,β-unsaturated/α-hetero) is 1. The maximum atomic E-state index is 11.4. The molecule has 0 amide bonds. The van der Waals surface area contributed by atoms with Gasteiger partial charge in [0.05, 0.1) is 5.75 Å². The number of hydrogen-bond donors (Lipinski definition) is 0. The predicted octanol–water partition coefficient (Wildman–Crippen LogP) is 2.50. The average Bonchev–Trinajstić information content (AvgIpc) is 1.81. The van der Waals surface area contributed by atoms with Crippen LogP contribution in [0.25, 0.3) is 0 Å². The molecular formula is C10H16OS. The number of rotatable bonds is 3. The fraction of sp³-hybridized carbons (Fsp3) is 0.900. The smallest absolute Gasteiger partial charge is 0.145 e. The Labute approximate surface area is 78.3 Å². The highest BCUT2D eigenvalue weighted by Gasteiger charge is 2.49. The Bertz CT molecular complexity index is 188. The van der Waals surface area contributed by atoms with Crippen LogP contribution in [0.5, 0.6) is 0 Å². The molecule has 2 aliphatic rings. The van der Waals surface area contributed by atoms with Crippen LogP contribution in [-0.4, -0.2) is 17.8 Å². The molecular weight excluding hydrogens is 168 g/mol. The SMILES string of the molecule is CSCC(=O)C1CC2(CCC2)C1. The fourth-order valence-corrected chi connectivity index (χ4v) is 3.08. The van der Waals surface area contributed by atoms with E-state index >= 15 is 0 Å². The van der Waals surface area contributed by atoms with Crippen LogP contribution in [0.15, 0.2) is 0 Å². The van der Waals surface area contributed by atoms with Crippen LogP contribution in [0.4, 0.5) is 0 Å². The molecule has 1 spiro atoms. The van der Waals surface area contributed by atoms with Crippen molar-refractivity contribution in [2.24, 2.45) is 11.3 Å². The molecule has 2 heteroatoms. The normalized spacial score (nSPS) is 26.4. The minimum absolute atomic E-state index is 0.442. The summed E-state index contributed by atoms with van der Waals surface area (Å²) in [6.45, 7) is 0. The summed E-state index contributed by atoms with van der Waals surface area (Å²) < 4.78 is 0. The molecule has 0 heterocycles. The first-order valence-corrected chi connectivity index (χ1v) is 6.17. The van der Waals surface area contributed by atoms with Gasteiger partial charge < -0.3 is 0 Å². The van der Waals surface area contributed by atoms with E-state index in [0.717, 1.165) is 5.75 Å². The molecule has 0 saturated heterocycles. The molecule has 0 N–H and O–H groups in total. The van der Waals surface area contributed by atoms with Gasteiger partial charge in [-0.1, -0.05) is 6.42 Å². The lowest BCUT2D eigenvalue weighted by Crippen LogP contribution is -2.46. The highest BCUT2D eigenvalue weighted by atomic mass is 32.2. The predicted molar refractivity (Wildman–Crippen MR) is 52.4 cm³/mol. The van der Waals surface area contributed by atoms with Crippen LogP contribution >= 0.6 is 11.8 Å². The van der Waals surface area contributed by atoms with Crippen LogP contribution < -0.4 is 0 Å². The monoisotopic (exact) mass is 184 g/mol. The van der Waals surface area contributed by atoms with E-state index in [1.54, 1.807) is 11.8 Å². The molecule has 0 bridgehead atoms. The van der Waals surface area contributed by atoms with Gasteiger partial charge in [0.15, 0.2) is 0 Å². The van der Waals surface area contributed by atoms with E-state index in [1.807, 2.05) is 6.26 Å². The lowest BCUT2D eigenvalue weighted by molar-refractivity contribution is -0.131. The van der Waals surface area contributed by atoms with Crippen LogP contribution in [0.2, 0.25) is 0 Å². The highest BCUT2D eigenvalue weighted by molar-refractivity contribution is 7.99. The minimum Gasteiger partial charge on any atom is -0.298 e. The number of carbonyl (C=O) groups is 1. The van der Waals surface area contributed by atoms with Gasteiger partial charge >= 0.3 is 0 Å². The molecule has 2 saturated carbocycles. The molecule has 0 aromatic heterocycles. The maximum absolute atomic E-state index is 11.4. The zero-order chi connectivity index (χ0) is 8.60. The van der Waals surface area contributed by atoms with E-state index in [1.165, 1.54) is 32.1 Å². The summed E-state index contributed by atoms with van der Waals surface area (Å²) in [5, 5.41) is 0. The van der Waals surface area contributed by atoms with Gasteiger partial charge in [-0.15, -0.1) is 0 Å². The largest absolute Gasteiger partial charge is 0.298 e. The van der Waals surface area contributed by atoms with Crippen molar-refractivity contribution in [2.45, 2.75) is 32.1 Å². The van der Waals surface area contributed by atoms with Gasteiger partial charge in [-0.25, -0.2) is 0 Å². The van der Waals surface area contributed by atoms with E-state index in [9.17, 15) is 4.79 Å². The number of carbonyl (C=O) groups excluding carboxylic acids is 1. The molecule has 0 aromatic rings. The van der Waals surface area contributed by atoms with E-state index < -0.39 is 0 Å². The molecule has 0 radical (unpaired) electrons. The molecule has 68 valence electrons. The summed E-state index contributed by atoms with van der Waals surface area (Å²) in [6.07, 6.45) is 8.64. The van der Waals surface area contributed by atoms with Gasteiger partial charge in [-0.2, -0.15) is 11.8 Å². The molecule has 2 aliphatic carbocycles. The molecule has 0 aromatic carbocycles. The van der Waals surface area contributed by atoms with Crippen molar-refractivity contribution in [3.8, 4) is 0 Å². The quantitative estimate of drug-likeness (QED) is 0.670. The van der Waals surface area contributed by atoms with Crippen molar-refractivity contribution in [1.82, 2.24) is 0 Å². The van der Waals surface area contributed by atoms with Gasteiger partial charge in [0.25, 0.3) is 0 Å². The second kappa shape index (κ2) is 3.06. The van der Waals surface area contributed by atoms with Crippen LogP contribution in [0.3, 0.4) is 0 Å². The molecule has 1 nitrogen and oxygen atoms in total. The van der Waals surface area contributed by atoms with Gasteiger partial charge in [-0.05, 0) is 37.4 Å². The van der Waals surface area contributed by atoms with Crippen molar-refractivity contribution in [3.63, 3.8) is 0 Å². The Morgan fingerprint density at radius 3 is 2.58 bits per heavy atom. The average molecular weight is 184 g/mol. The topological polar surface area (TPSA) is 17.1 Å². The third-order valence-corrected chi connectivity index (χ3v) is 4.09. The molecule has 2 fully saturated rings. The Balaban J connectivity index is 1.76. The second-order valence-corrected chi connectivity index (χ2v) is 5.22. The summed E-state index contributed by atoms with van der Waals surface area (Å²) >= 11 is 1.66. The van der Waals surface area contributed by atoms with E-state index in [-0.39, 0.29) is 0 Å². The summed E-state index contributed by atoms with van der Waals surface area (Å²) in [7, 11) is 0. The summed E-state index contributed by atoms with van der Waals surface area (Å²) in [5.74, 6) is 1.68. The lowest BCUT2D eigenvalue weighted by Gasteiger charge is -2.53. The van der Waals surface area contributed by atoms with Gasteiger partial charge in [0.1, 0.15) is 5.78 Å². The van der Waals surface area contributed by atoms with Crippen molar-refractivity contribution in [2.75, 3.05) is 12.0 Å². The summed E-state index contributed by atoms with van der Waals surface area (Å²) in [6, 6.07) is 0. The van der Waals surface area contributed by atoms with Crippen LogP contribution in [0, 0.1) is 11.3 Å². The lowest BCUT2D eigenvalue weighted by atomic mass is 9.51. The van der Waals surface area contributed by atoms with Crippen molar-refractivity contribution in [1.29, 1.82) is 0 Å². The van der Waals surface area contributed by atoms with Gasteiger partial charge in [0.2, 0.25) is 0 Å². The first-order valence-electron chi connectivity index (χ1n) is 4.77. The first kappa shape index (κ1) is 8.61. The standard InChI is InChI=1S/C10H16OS/c1-12-7-9(11)8-5-10(6-8)3-2-4-10/h8H,2-7H2,1H3. The van der Waals surface area contributed by atoms with Gasteiger partial charge in [-0.3, -0.25) is 4.79 Å². The van der Waals surface area contributed by atoms with Crippen LogP contribution in [-0.2, 0) is 4.79 Å². The molecule has 12 heavy (non-hydrogen) atoms. The summed E-state index contributed by atoms with van der Waals surface area (Å²) in [5.41, 5.74) is 0.665. The van der Waals surface area contributed by atoms with Crippen LogP contribution in [0.1, 0.15) is 32.1 Å². The maximum Gasteiger partial charge on any atom is 0.145 e.